The monoisotopic (exact) mass is 273 g/mol. The Morgan fingerprint density at radius 3 is 3.00 bits per heavy atom. The van der Waals surface area contributed by atoms with Gasteiger partial charge in [0.15, 0.2) is 5.82 Å². The first-order chi connectivity index (χ1) is 9.83. The van der Waals surface area contributed by atoms with E-state index in [-0.39, 0.29) is 18.5 Å². The molecule has 1 aliphatic heterocycles. The summed E-state index contributed by atoms with van der Waals surface area (Å²) in [7, 11) is 0. The molecule has 1 unspecified atom stereocenters. The van der Waals surface area contributed by atoms with Crippen molar-refractivity contribution in [3.8, 4) is 0 Å². The lowest BCUT2D eigenvalue weighted by Gasteiger charge is -2.02. The van der Waals surface area contributed by atoms with Crippen LogP contribution in [0.15, 0.2) is 34.9 Å². The van der Waals surface area contributed by atoms with Crippen LogP contribution in [0.4, 0.5) is 0 Å². The smallest absolute Gasteiger partial charge is 0.251 e. The molecule has 2 heterocycles. The minimum absolute atomic E-state index is 0.0427. The Morgan fingerprint density at radius 2 is 2.25 bits per heavy atom. The Bertz CT molecular complexity index is 577. The van der Waals surface area contributed by atoms with Crippen molar-refractivity contribution >= 4 is 5.91 Å². The highest BCUT2D eigenvalue weighted by molar-refractivity contribution is 5.93. The molecule has 104 valence electrons. The topological polar surface area (TPSA) is 92.1 Å². The Hall–Kier alpha value is -2.25. The summed E-state index contributed by atoms with van der Waals surface area (Å²) in [6.45, 7) is 1.12. The van der Waals surface area contributed by atoms with Gasteiger partial charge in [0.25, 0.3) is 5.91 Å². The first-order valence-corrected chi connectivity index (χ1v) is 6.47. The summed E-state index contributed by atoms with van der Waals surface area (Å²) in [5.41, 5.74) is 6.66. The predicted molar refractivity (Wildman–Crippen MR) is 70.4 cm³/mol. The fourth-order valence-corrected chi connectivity index (χ4v) is 2.00. The van der Waals surface area contributed by atoms with E-state index in [2.05, 4.69) is 26.3 Å². The van der Waals surface area contributed by atoms with Gasteiger partial charge in [-0.3, -0.25) is 10.2 Å². The predicted octanol–water partition coefficient (Wildman–Crippen LogP) is 0.539. The van der Waals surface area contributed by atoms with E-state index in [1.807, 2.05) is 18.2 Å². The van der Waals surface area contributed by atoms with Crippen LogP contribution < -0.4 is 16.2 Å². The van der Waals surface area contributed by atoms with E-state index in [0.29, 0.717) is 17.3 Å². The van der Waals surface area contributed by atoms with Crippen molar-refractivity contribution in [1.82, 2.24) is 26.3 Å². The highest BCUT2D eigenvalue weighted by Gasteiger charge is 2.22. The van der Waals surface area contributed by atoms with Crippen LogP contribution in [-0.2, 0) is 6.54 Å². The molecule has 3 rings (SSSR count). The van der Waals surface area contributed by atoms with E-state index in [4.69, 9.17) is 4.52 Å². The maximum atomic E-state index is 11.9. The van der Waals surface area contributed by atoms with Crippen molar-refractivity contribution in [3.63, 3.8) is 0 Å². The number of nitrogens with one attached hydrogen (secondary N) is 3. The molecule has 1 aromatic carbocycles. The van der Waals surface area contributed by atoms with Gasteiger partial charge in [0, 0.05) is 12.1 Å². The third kappa shape index (κ3) is 2.84. The number of carbonyl (C=O) groups excluding carboxylic acids is 1. The molecule has 1 aliphatic rings. The number of rotatable bonds is 4. The first kappa shape index (κ1) is 12.8. The largest absolute Gasteiger partial charge is 0.345 e. The zero-order valence-corrected chi connectivity index (χ0v) is 10.8. The van der Waals surface area contributed by atoms with Crippen LogP contribution in [0.1, 0.15) is 34.5 Å². The second-order valence-corrected chi connectivity index (χ2v) is 4.51. The third-order valence-electron chi connectivity index (χ3n) is 3.06. The number of nitrogens with zero attached hydrogens (tertiary/aromatic N) is 2. The average Bonchev–Trinajstić information content (AvgIpc) is 3.16. The molecular weight excluding hydrogens is 258 g/mol. The van der Waals surface area contributed by atoms with Gasteiger partial charge in [-0.1, -0.05) is 23.4 Å². The number of hydrogen-bond acceptors (Lipinski definition) is 6. The van der Waals surface area contributed by atoms with Crippen molar-refractivity contribution in [1.29, 1.82) is 0 Å². The summed E-state index contributed by atoms with van der Waals surface area (Å²) in [4.78, 5) is 16.1. The lowest BCUT2D eigenvalue weighted by atomic mass is 10.2. The maximum absolute atomic E-state index is 11.9. The summed E-state index contributed by atoms with van der Waals surface area (Å²) in [6.07, 6.45) is 0.901. The van der Waals surface area contributed by atoms with Crippen LogP contribution in [0.5, 0.6) is 0 Å². The van der Waals surface area contributed by atoms with Gasteiger partial charge >= 0.3 is 0 Å². The average molecular weight is 273 g/mol. The Balaban J connectivity index is 1.57. The molecular formula is C13H15N5O2. The second-order valence-electron chi connectivity index (χ2n) is 4.51. The number of carbonyl (C=O) groups is 1. The van der Waals surface area contributed by atoms with Crippen molar-refractivity contribution < 1.29 is 9.32 Å². The minimum Gasteiger partial charge on any atom is -0.345 e. The molecule has 7 heteroatoms. The Labute approximate surface area is 115 Å². The van der Waals surface area contributed by atoms with Gasteiger partial charge in [-0.15, -0.1) is 0 Å². The molecule has 1 fully saturated rings. The van der Waals surface area contributed by atoms with Crippen molar-refractivity contribution in [2.45, 2.75) is 19.0 Å². The van der Waals surface area contributed by atoms with Crippen LogP contribution in [0.25, 0.3) is 0 Å². The first-order valence-electron chi connectivity index (χ1n) is 6.47. The van der Waals surface area contributed by atoms with E-state index < -0.39 is 0 Å². The van der Waals surface area contributed by atoms with Crippen LogP contribution in [-0.4, -0.2) is 22.6 Å². The second kappa shape index (κ2) is 5.81. The fourth-order valence-electron chi connectivity index (χ4n) is 2.00. The van der Waals surface area contributed by atoms with Crippen molar-refractivity contribution in [2.24, 2.45) is 0 Å². The summed E-state index contributed by atoms with van der Waals surface area (Å²) < 4.78 is 5.17. The van der Waals surface area contributed by atoms with E-state index >= 15 is 0 Å². The van der Waals surface area contributed by atoms with E-state index in [9.17, 15) is 4.79 Å². The zero-order chi connectivity index (χ0) is 13.8. The highest BCUT2D eigenvalue weighted by Crippen LogP contribution is 2.16. The molecule has 0 saturated carbocycles. The van der Waals surface area contributed by atoms with Gasteiger partial charge < -0.3 is 9.84 Å². The van der Waals surface area contributed by atoms with Crippen LogP contribution >= 0.6 is 0 Å². The summed E-state index contributed by atoms with van der Waals surface area (Å²) in [6, 6.07) is 9.06. The van der Waals surface area contributed by atoms with Gasteiger partial charge in [-0.25, -0.2) is 5.43 Å². The number of hydrogen-bond donors (Lipinski definition) is 3. The normalized spacial score (nSPS) is 18.1. The van der Waals surface area contributed by atoms with Gasteiger partial charge in [0.1, 0.15) is 6.04 Å². The summed E-state index contributed by atoms with van der Waals surface area (Å²) in [5.74, 6) is 0.856. The number of aromatic nitrogens is 2. The van der Waals surface area contributed by atoms with Crippen molar-refractivity contribution in [3.05, 3.63) is 47.6 Å². The highest BCUT2D eigenvalue weighted by atomic mass is 16.5. The lowest BCUT2D eigenvalue weighted by molar-refractivity contribution is 0.0949. The molecule has 7 nitrogen and oxygen atoms in total. The molecule has 1 atom stereocenters. The third-order valence-corrected chi connectivity index (χ3v) is 3.06. The van der Waals surface area contributed by atoms with Crippen LogP contribution in [0.2, 0.25) is 0 Å². The number of hydrazine groups is 1. The Morgan fingerprint density at radius 1 is 1.40 bits per heavy atom. The van der Waals surface area contributed by atoms with Crippen LogP contribution in [0, 0.1) is 0 Å². The van der Waals surface area contributed by atoms with Crippen molar-refractivity contribution in [2.75, 3.05) is 6.54 Å². The number of amides is 1. The van der Waals surface area contributed by atoms with Gasteiger partial charge in [-0.05, 0) is 18.6 Å². The fraction of sp³-hybridized carbons (Fsp3) is 0.308. The molecule has 0 bridgehead atoms. The Kier molecular flexibility index (Phi) is 3.71. The zero-order valence-electron chi connectivity index (χ0n) is 10.8. The lowest BCUT2D eigenvalue weighted by Crippen LogP contribution is -2.25. The van der Waals surface area contributed by atoms with E-state index in [0.717, 1.165) is 13.0 Å². The van der Waals surface area contributed by atoms with Gasteiger partial charge in [0.2, 0.25) is 5.89 Å². The van der Waals surface area contributed by atoms with Gasteiger partial charge in [0.05, 0.1) is 6.54 Å². The SMILES string of the molecule is O=C(NCc1noc(C2CCNN2)n1)c1ccccc1. The quantitative estimate of drug-likeness (QED) is 0.753. The number of benzene rings is 1. The molecule has 1 aromatic heterocycles. The van der Waals surface area contributed by atoms with Gasteiger partial charge in [-0.2, -0.15) is 4.98 Å². The maximum Gasteiger partial charge on any atom is 0.251 e. The molecule has 2 aromatic rings. The molecule has 0 spiro atoms. The standard InChI is InChI=1S/C13H15N5O2/c19-12(9-4-2-1-3-5-9)14-8-11-16-13(20-18-11)10-6-7-15-17-10/h1-5,10,15,17H,6-8H2,(H,14,19). The van der Waals surface area contributed by atoms with E-state index in [1.165, 1.54) is 0 Å². The molecule has 1 amide bonds. The summed E-state index contributed by atoms with van der Waals surface area (Å²) in [5, 5.41) is 6.62. The van der Waals surface area contributed by atoms with Crippen LogP contribution in [0.3, 0.4) is 0 Å². The molecule has 1 saturated heterocycles. The molecule has 3 N–H and O–H groups in total. The molecule has 20 heavy (non-hydrogen) atoms. The van der Waals surface area contributed by atoms with E-state index in [1.54, 1.807) is 12.1 Å². The molecule has 0 radical (unpaired) electrons. The summed E-state index contributed by atoms with van der Waals surface area (Å²) >= 11 is 0. The minimum atomic E-state index is -0.155. The molecule has 0 aliphatic carbocycles.